The first-order chi connectivity index (χ1) is 7.70. The number of hydrogen-bond donors (Lipinski definition) is 1. The number of aromatic nitrogens is 2. The molecule has 0 saturated heterocycles. The molecule has 5 nitrogen and oxygen atoms in total. The number of nitrogens with one attached hydrogen (secondary N) is 1. The molecule has 0 atom stereocenters. The first kappa shape index (κ1) is 10.8. The van der Waals surface area contributed by atoms with Crippen LogP contribution in [0.4, 0.5) is 5.69 Å². The molecule has 82 valence electrons. The van der Waals surface area contributed by atoms with Crippen molar-refractivity contribution in [3.8, 4) is 11.5 Å². The Morgan fingerprint density at radius 3 is 2.94 bits per heavy atom. The van der Waals surface area contributed by atoms with Crippen LogP contribution < -0.4 is 5.32 Å². The molecule has 1 heterocycles. The topological polar surface area (TPSA) is 68.0 Å². The molecule has 1 aromatic heterocycles. The second-order valence-corrected chi connectivity index (χ2v) is 4.01. The number of halogens is 1. The number of carbonyl (C=O) groups excluding carboxylic acids is 1. The van der Waals surface area contributed by atoms with Crippen LogP contribution in [-0.4, -0.2) is 16.6 Å². The molecular formula is C10H8BrN3O2. The van der Waals surface area contributed by atoms with Gasteiger partial charge in [0.25, 0.3) is 5.89 Å². The Morgan fingerprint density at radius 2 is 2.31 bits per heavy atom. The highest BCUT2D eigenvalue weighted by atomic mass is 79.9. The van der Waals surface area contributed by atoms with Crippen molar-refractivity contribution in [2.75, 3.05) is 5.32 Å². The molecule has 0 radical (unpaired) electrons. The average molecular weight is 282 g/mol. The maximum atomic E-state index is 10.5. The van der Waals surface area contributed by atoms with Gasteiger partial charge in [-0.2, -0.15) is 4.98 Å². The first-order valence-electron chi connectivity index (χ1n) is 4.51. The minimum Gasteiger partial charge on any atom is -0.334 e. The Kier molecular flexibility index (Phi) is 3.00. The largest absolute Gasteiger partial charge is 0.334 e. The van der Waals surface area contributed by atoms with Crippen LogP contribution in [-0.2, 0) is 4.79 Å². The van der Waals surface area contributed by atoms with Crippen LogP contribution in [0.5, 0.6) is 0 Å². The fourth-order valence-corrected chi connectivity index (χ4v) is 1.65. The molecule has 16 heavy (non-hydrogen) atoms. The summed E-state index contributed by atoms with van der Waals surface area (Å²) >= 11 is 3.35. The van der Waals surface area contributed by atoms with E-state index in [1.807, 2.05) is 6.07 Å². The van der Waals surface area contributed by atoms with Crippen LogP contribution in [0.15, 0.2) is 27.2 Å². The molecule has 1 aromatic carbocycles. The zero-order valence-corrected chi connectivity index (χ0v) is 9.98. The van der Waals surface area contributed by atoms with Crippen molar-refractivity contribution in [1.29, 1.82) is 0 Å². The summed E-state index contributed by atoms with van der Waals surface area (Å²) in [5.41, 5.74) is 1.31. The van der Waals surface area contributed by atoms with Crippen molar-refractivity contribution in [2.45, 2.75) is 6.92 Å². The van der Waals surface area contributed by atoms with Crippen LogP contribution in [0.25, 0.3) is 11.5 Å². The molecule has 2 rings (SSSR count). The SMILES string of the molecule is Cc1noc(-c2cc(Br)ccc2NC=O)n1. The van der Waals surface area contributed by atoms with Crippen molar-refractivity contribution in [3.05, 3.63) is 28.5 Å². The van der Waals surface area contributed by atoms with Gasteiger partial charge in [-0.3, -0.25) is 4.79 Å². The van der Waals surface area contributed by atoms with E-state index in [1.54, 1.807) is 19.1 Å². The lowest BCUT2D eigenvalue weighted by Gasteiger charge is -2.04. The van der Waals surface area contributed by atoms with Gasteiger partial charge in [0.05, 0.1) is 11.3 Å². The van der Waals surface area contributed by atoms with Crippen LogP contribution >= 0.6 is 15.9 Å². The van der Waals surface area contributed by atoms with Gasteiger partial charge in [-0.1, -0.05) is 21.1 Å². The number of benzene rings is 1. The molecule has 0 saturated carbocycles. The van der Waals surface area contributed by atoms with Crippen LogP contribution in [0.2, 0.25) is 0 Å². The molecule has 6 heteroatoms. The molecule has 1 amide bonds. The summed E-state index contributed by atoms with van der Waals surface area (Å²) in [6.45, 7) is 1.73. The highest BCUT2D eigenvalue weighted by Crippen LogP contribution is 2.29. The van der Waals surface area contributed by atoms with Crippen molar-refractivity contribution in [2.24, 2.45) is 0 Å². The van der Waals surface area contributed by atoms with E-state index in [-0.39, 0.29) is 0 Å². The summed E-state index contributed by atoms with van der Waals surface area (Å²) in [6, 6.07) is 5.38. The predicted molar refractivity (Wildman–Crippen MR) is 61.9 cm³/mol. The van der Waals surface area contributed by atoms with Crippen molar-refractivity contribution in [1.82, 2.24) is 10.1 Å². The number of nitrogens with zero attached hydrogens (tertiary/aromatic N) is 2. The van der Waals surface area contributed by atoms with Crippen molar-refractivity contribution in [3.63, 3.8) is 0 Å². The van der Waals surface area contributed by atoms with Gasteiger partial charge in [0.15, 0.2) is 5.82 Å². The lowest BCUT2D eigenvalue weighted by atomic mass is 10.2. The lowest BCUT2D eigenvalue weighted by molar-refractivity contribution is -0.105. The van der Waals surface area contributed by atoms with Crippen molar-refractivity contribution >= 4 is 28.0 Å². The van der Waals surface area contributed by atoms with Crippen molar-refractivity contribution < 1.29 is 9.32 Å². The fraction of sp³-hybridized carbons (Fsp3) is 0.100. The van der Waals surface area contributed by atoms with E-state index in [9.17, 15) is 4.79 Å². The van der Waals surface area contributed by atoms with Crippen LogP contribution in [0, 0.1) is 6.92 Å². The van der Waals surface area contributed by atoms with E-state index >= 15 is 0 Å². The average Bonchev–Trinajstić information content (AvgIpc) is 2.68. The molecule has 0 bridgehead atoms. The smallest absolute Gasteiger partial charge is 0.260 e. The third-order valence-electron chi connectivity index (χ3n) is 1.95. The minimum absolute atomic E-state index is 0.378. The Balaban J connectivity index is 2.52. The Bertz CT molecular complexity index is 525. The van der Waals surface area contributed by atoms with E-state index in [0.717, 1.165) is 4.47 Å². The number of amides is 1. The third kappa shape index (κ3) is 2.11. The summed E-state index contributed by atoms with van der Waals surface area (Å²) in [5.74, 6) is 0.926. The maximum Gasteiger partial charge on any atom is 0.260 e. The zero-order valence-electron chi connectivity index (χ0n) is 8.40. The van der Waals surface area contributed by atoms with Gasteiger partial charge >= 0.3 is 0 Å². The number of hydrogen-bond acceptors (Lipinski definition) is 4. The molecule has 0 aliphatic rings. The van der Waals surface area contributed by atoms with E-state index in [2.05, 4.69) is 31.4 Å². The highest BCUT2D eigenvalue weighted by molar-refractivity contribution is 9.10. The summed E-state index contributed by atoms with van der Waals surface area (Å²) in [7, 11) is 0. The summed E-state index contributed by atoms with van der Waals surface area (Å²) in [5, 5.41) is 6.29. The minimum atomic E-state index is 0.378. The number of rotatable bonds is 3. The zero-order chi connectivity index (χ0) is 11.5. The van der Waals surface area contributed by atoms with Gasteiger partial charge in [0, 0.05) is 4.47 Å². The highest BCUT2D eigenvalue weighted by Gasteiger charge is 2.11. The molecular weight excluding hydrogens is 274 g/mol. The van der Waals surface area contributed by atoms with E-state index in [4.69, 9.17) is 4.52 Å². The normalized spacial score (nSPS) is 10.1. The van der Waals surface area contributed by atoms with Gasteiger partial charge < -0.3 is 9.84 Å². The monoisotopic (exact) mass is 281 g/mol. The summed E-state index contributed by atoms with van der Waals surface area (Å²) in [6.07, 6.45) is 0.607. The maximum absolute atomic E-state index is 10.5. The molecule has 0 aliphatic carbocycles. The summed E-state index contributed by atoms with van der Waals surface area (Å²) in [4.78, 5) is 14.6. The molecule has 0 unspecified atom stereocenters. The quantitative estimate of drug-likeness (QED) is 0.877. The Morgan fingerprint density at radius 1 is 1.50 bits per heavy atom. The number of anilines is 1. The molecule has 0 aliphatic heterocycles. The van der Waals surface area contributed by atoms with E-state index in [1.165, 1.54) is 0 Å². The van der Waals surface area contributed by atoms with Crippen LogP contribution in [0.1, 0.15) is 5.82 Å². The lowest BCUT2D eigenvalue weighted by Crippen LogP contribution is -1.96. The Hall–Kier alpha value is -1.69. The molecule has 0 spiro atoms. The molecule has 2 aromatic rings. The van der Waals surface area contributed by atoms with Gasteiger partial charge in [0.1, 0.15) is 0 Å². The Labute approximate surface area is 100.0 Å². The predicted octanol–water partition coefficient (Wildman–Crippen LogP) is 2.38. The first-order valence-corrected chi connectivity index (χ1v) is 5.30. The van der Waals surface area contributed by atoms with Gasteiger partial charge in [-0.05, 0) is 25.1 Å². The fourth-order valence-electron chi connectivity index (χ4n) is 1.29. The third-order valence-corrected chi connectivity index (χ3v) is 2.45. The standard InChI is InChI=1S/C10H8BrN3O2/c1-6-13-10(16-14-6)8-4-7(11)2-3-9(8)12-5-15/h2-5H,1H3,(H,12,15). The number of aryl methyl sites for hydroxylation is 1. The van der Waals surface area contributed by atoms with E-state index in [0.29, 0.717) is 29.4 Å². The second kappa shape index (κ2) is 4.44. The van der Waals surface area contributed by atoms with E-state index < -0.39 is 0 Å². The van der Waals surface area contributed by atoms with Gasteiger partial charge in [-0.15, -0.1) is 0 Å². The molecule has 0 fully saturated rings. The number of carbonyl (C=O) groups is 1. The second-order valence-electron chi connectivity index (χ2n) is 3.10. The molecule has 1 N–H and O–H groups in total. The van der Waals surface area contributed by atoms with Gasteiger partial charge in [0.2, 0.25) is 6.41 Å². The summed E-state index contributed by atoms with van der Waals surface area (Å²) < 4.78 is 5.92. The van der Waals surface area contributed by atoms with Crippen LogP contribution in [0.3, 0.4) is 0 Å². The van der Waals surface area contributed by atoms with Gasteiger partial charge in [-0.25, -0.2) is 0 Å².